The van der Waals surface area contributed by atoms with E-state index in [2.05, 4.69) is 9.46 Å². The lowest BCUT2D eigenvalue weighted by atomic mass is 9.98. The first kappa shape index (κ1) is 22.2. The predicted octanol–water partition coefficient (Wildman–Crippen LogP) is 1.56. The lowest BCUT2D eigenvalue weighted by Crippen LogP contribution is -2.43. The Bertz CT molecular complexity index is 763. The molecule has 1 aromatic rings. The number of methoxy groups -OCH3 is 2. The topological polar surface area (TPSA) is 102 Å². The van der Waals surface area contributed by atoms with Crippen LogP contribution in [-0.4, -0.2) is 59.0 Å². The van der Waals surface area contributed by atoms with Crippen molar-refractivity contribution in [3.05, 3.63) is 24.3 Å². The van der Waals surface area contributed by atoms with Crippen molar-refractivity contribution >= 4 is 21.9 Å². The van der Waals surface area contributed by atoms with E-state index in [4.69, 9.17) is 4.74 Å². The Balaban J connectivity index is 1.83. The monoisotopic (exact) mass is 412 g/mol. The van der Waals surface area contributed by atoms with Gasteiger partial charge in [-0.25, -0.2) is 13.1 Å². The fraction of sp³-hybridized carbons (Fsp3) is 0.579. The average Bonchev–Trinajstić information content (AvgIpc) is 2.72. The first-order valence-corrected chi connectivity index (χ1v) is 10.8. The Labute approximate surface area is 166 Å². The number of nitrogens with one attached hydrogen (secondary N) is 1. The molecule has 1 amide bonds. The summed E-state index contributed by atoms with van der Waals surface area (Å²) in [4.78, 5) is 25.4. The highest BCUT2D eigenvalue weighted by Gasteiger charge is 2.25. The number of carbonyl (C=O) groups is 2. The smallest absolute Gasteiger partial charge is 0.305 e. The van der Waals surface area contributed by atoms with Gasteiger partial charge in [-0.15, -0.1) is 0 Å². The van der Waals surface area contributed by atoms with Crippen LogP contribution >= 0.6 is 0 Å². The minimum Gasteiger partial charge on any atom is -0.497 e. The van der Waals surface area contributed by atoms with Crippen LogP contribution in [0, 0.1) is 5.92 Å². The van der Waals surface area contributed by atoms with Crippen LogP contribution in [0.25, 0.3) is 0 Å². The second kappa shape index (κ2) is 10.4. The minimum atomic E-state index is -3.61. The van der Waals surface area contributed by atoms with E-state index in [-0.39, 0.29) is 35.7 Å². The van der Waals surface area contributed by atoms with Crippen molar-refractivity contribution in [3.63, 3.8) is 0 Å². The zero-order valence-electron chi connectivity index (χ0n) is 16.3. The molecular formula is C19H28N2O6S. The molecule has 0 aromatic heterocycles. The first-order valence-electron chi connectivity index (χ1n) is 9.34. The maximum absolute atomic E-state index is 12.4. The molecule has 8 nitrogen and oxygen atoms in total. The van der Waals surface area contributed by atoms with Crippen LogP contribution < -0.4 is 9.46 Å². The van der Waals surface area contributed by atoms with Gasteiger partial charge in [-0.05, 0) is 49.4 Å². The van der Waals surface area contributed by atoms with E-state index >= 15 is 0 Å². The van der Waals surface area contributed by atoms with Crippen LogP contribution in [-0.2, 0) is 24.3 Å². The molecule has 0 bridgehead atoms. The van der Waals surface area contributed by atoms with Crippen LogP contribution in [0.5, 0.6) is 5.75 Å². The summed E-state index contributed by atoms with van der Waals surface area (Å²) in [7, 11) is -0.762. The molecule has 9 heteroatoms. The molecule has 0 aliphatic carbocycles. The minimum absolute atomic E-state index is 0.00776. The Hall–Kier alpha value is -2.13. The number of hydrogen-bond acceptors (Lipinski definition) is 6. The largest absolute Gasteiger partial charge is 0.497 e. The van der Waals surface area contributed by atoms with Gasteiger partial charge in [-0.2, -0.15) is 0 Å². The van der Waals surface area contributed by atoms with Gasteiger partial charge < -0.3 is 14.4 Å². The van der Waals surface area contributed by atoms with E-state index in [0.29, 0.717) is 31.7 Å². The molecule has 156 valence electrons. The van der Waals surface area contributed by atoms with Crippen LogP contribution in [0.1, 0.15) is 32.1 Å². The van der Waals surface area contributed by atoms with Crippen LogP contribution in [0.4, 0.5) is 0 Å². The Morgan fingerprint density at radius 2 is 1.89 bits per heavy atom. The summed E-state index contributed by atoms with van der Waals surface area (Å²) in [6.45, 7) is 1.46. The zero-order chi connectivity index (χ0) is 20.6. The molecule has 0 radical (unpaired) electrons. The van der Waals surface area contributed by atoms with Crippen molar-refractivity contribution in [3.8, 4) is 5.75 Å². The van der Waals surface area contributed by atoms with Crippen LogP contribution in [0.3, 0.4) is 0 Å². The van der Waals surface area contributed by atoms with Crippen molar-refractivity contribution in [2.75, 3.05) is 33.9 Å². The average molecular weight is 413 g/mol. The molecule has 1 heterocycles. The molecule has 1 saturated heterocycles. The van der Waals surface area contributed by atoms with Crippen molar-refractivity contribution in [1.82, 2.24) is 9.62 Å². The number of hydrogen-bond donors (Lipinski definition) is 1. The lowest BCUT2D eigenvalue weighted by molar-refractivity contribution is -0.141. The number of likely N-dealkylation sites (tertiary alicyclic amines) is 1. The summed E-state index contributed by atoms with van der Waals surface area (Å²) in [5, 5.41) is 0. The number of amides is 1. The molecule has 0 spiro atoms. The molecule has 1 N–H and O–H groups in total. The van der Waals surface area contributed by atoms with E-state index in [9.17, 15) is 18.0 Å². The third-order valence-electron chi connectivity index (χ3n) is 4.80. The van der Waals surface area contributed by atoms with E-state index in [0.717, 1.165) is 12.8 Å². The second-order valence-corrected chi connectivity index (χ2v) is 8.57. The number of piperidine rings is 1. The van der Waals surface area contributed by atoms with Gasteiger partial charge in [-0.1, -0.05) is 0 Å². The number of sulfonamides is 1. The Morgan fingerprint density at radius 3 is 2.54 bits per heavy atom. The quantitative estimate of drug-likeness (QED) is 0.618. The summed E-state index contributed by atoms with van der Waals surface area (Å²) in [6, 6.07) is 6.20. The number of ether oxygens (including phenoxy) is 2. The van der Waals surface area contributed by atoms with Crippen molar-refractivity contribution in [2.24, 2.45) is 5.92 Å². The second-order valence-electron chi connectivity index (χ2n) is 6.81. The number of carbonyl (C=O) groups excluding carboxylic acids is 2. The maximum atomic E-state index is 12.4. The molecular weight excluding hydrogens is 384 g/mol. The third-order valence-corrected chi connectivity index (χ3v) is 6.24. The van der Waals surface area contributed by atoms with E-state index in [1.165, 1.54) is 26.4 Å². The van der Waals surface area contributed by atoms with Gasteiger partial charge in [0.15, 0.2) is 0 Å². The van der Waals surface area contributed by atoms with Crippen molar-refractivity contribution in [2.45, 2.75) is 37.0 Å². The molecule has 0 saturated carbocycles. The molecule has 1 atom stereocenters. The van der Waals surface area contributed by atoms with Gasteiger partial charge in [0.05, 0.1) is 19.1 Å². The number of benzene rings is 1. The fourth-order valence-corrected chi connectivity index (χ4v) is 4.28. The summed E-state index contributed by atoms with van der Waals surface area (Å²) in [5.41, 5.74) is 0. The normalized spacial score (nSPS) is 17.2. The van der Waals surface area contributed by atoms with Gasteiger partial charge in [0.1, 0.15) is 5.75 Å². The molecule has 1 aliphatic rings. The molecule has 0 unspecified atom stereocenters. The van der Waals surface area contributed by atoms with Gasteiger partial charge in [0.2, 0.25) is 15.9 Å². The third kappa shape index (κ3) is 6.49. The fourth-order valence-electron chi connectivity index (χ4n) is 3.17. The van der Waals surface area contributed by atoms with E-state index in [1.54, 1.807) is 17.0 Å². The molecule has 28 heavy (non-hydrogen) atoms. The first-order chi connectivity index (χ1) is 13.4. The standard InChI is InChI=1S/C19H28N2O6S/c1-26-16-8-10-17(11-9-16)28(24,25)20-13-15-5-4-12-21(14-15)18(22)6-3-7-19(23)27-2/h8-11,15,20H,3-7,12-14H2,1-2H3/t15-/m1/s1. The van der Waals surface area contributed by atoms with Gasteiger partial charge in [0, 0.05) is 32.5 Å². The molecule has 1 fully saturated rings. The van der Waals surface area contributed by atoms with Crippen molar-refractivity contribution in [1.29, 1.82) is 0 Å². The van der Waals surface area contributed by atoms with Crippen LogP contribution in [0.2, 0.25) is 0 Å². The number of rotatable bonds is 9. The molecule has 1 aromatic carbocycles. The maximum Gasteiger partial charge on any atom is 0.305 e. The van der Waals surface area contributed by atoms with Crippen molar-refractivity contribution < 1.29 is 27.5 Å². The number of nitrogens with zero attached hydrogens (tertiary/aromatic N) is 1. The van der Waals surface area contributed by atoms with Crippen LogP contribution in [0.15, 0.2) is 29.2 Å². The molecule has 2 rings (SSSR count). The van der Waals surface area contributed by atoms with Gasteiger partial charge >= 0.3 is 5.97 Å². The van der Waals surface area contributed by atoms with E-state index in [1.807, 2.05) is 0 Å². The number of esters is 1. The SMILES string of the molecule is COC(=O)CCCC(=O)N1CCC[C@H](CNS(=O)(=O)c2ccc(OC)cc2)C1. The highest BCUT2D eigenvalue weighted by Crippen LogP contribution is 2.19. The highest BCUT2D eigenvalue weighted by molar-refractivity contribution is 7.89. The van der Waals surface area contributed by atoms with Gasteiger partial charge in [-0.3, -0.25) is 9.59 Å². The molecule has 1 aliphatic heterocycles. The Morgan fingerprint density at radius 1 is 1.18 bits per heavy atom. The zero-order valence-corrected chi connectivity index (χ0v) is 17.2. The summed E-state index contributed by atoms with van der Waals surface area (Å²) in [5.74, 6) is 0.322. The summed E-state index contributed by atoms with van der Waals surface area (Å²) < 4.78 is 37.1. The summed E-state index contributed by atoms with van der Waals surface area (Å²) in [6.07, 6.45) is 2.66. The predicted molar refractivity (Wildman–Crippen MR) is 103 cm³/mol. The highest BCUT2D eigenvalue weighted by atomic mass is 32.2. The lowest BCUT2D eigenvalue weighted by Gasteiger charge is -2.33. The van der Waals surface area contributed by atoms with Gasteiger partial charge in [0.25, 0.3) is 0 Å². The summed E-state index contributed by atoms with van der Waals surface area (Å²) >= 11 is 0. The van der Waals surface area contributed by atoms with E-state index < -0.39 is 10.0 Å². The Kier molecular flexibility index (Phi) is 8.25.